The average Bonchev–Trinajstić information content (AvgIpc) is 3.29. The highest BCUT2D eigenvalue weighted by Gasteiger charge is 2.29. The van der Waals surface area contributed by atoms with Crippen LogP contribution in [0.3, 0.4) is 0 Å². The van der Waals surface area contributed by atoms with Crippen LogP contribution in [0.15, 0.2) is 36.4 Å². The number of rotatable bonds is 5. The zero-order chi connectivity index (χ0) is 19.5. The van der Waals surface area contributed by atoms with Crippen molar-refractivity contribution in [2.24, 2.45) is 5.92 Å². The topological polar surface area (TPSA) is 62.2 Å². The zero-order valence-electron chi connectivity index (χ0n) is 17.3. The van der Waals surface area contributed by atoms with Crippen molar-refractivity contribution in [3.8, 4) is 0 Å². The number of anilines is 1. The molecule has 0 radical (unpaired) electrons. The Morgan fingerprint density at radius 1 is 1.28 bits per heavy atom. The first-order valence-electron chi connectivity index (χ1n) is 10.4. The quantitative estimate of drug-likeness (QED) is 0.782. The van der Waals surface area contributed by atoms with Gasteiger partial charge in [0.1, 0.15) is 5.82 Å². The Morgan fingerprint density at radius 2 is 2.07 bits per heavy atom. The number of halogens is 1. The number of carbonyl (C=O) groups excluding carboxylic acids is 1. The Morgan fingerprint density at radius 3 is 2.83 bits per heavy atom. The fourth-order valence-electron chi connectivity index (χ4n) is 4.48. The molecule has 2 aliphatic heterocycles. The summed E-state index contributed by atoms with van der Waals surface area (Å²) in [5, 5.41) is 11.3. The molecular formula is C22H32ClN5O. The number of hydrogen-bond donors (Lipinski definition) is 2. The number of nitrogens with zero attached hydrogens (tertiary/aromatic N) is 3. The van der Waals surface area contributed by atoms with Crippen LogP contribution >= 0.6 is 12.4 Å². The molecule has 7 heteroatoms. The number of carbonyl (C=O) groups is 1. The van der Waals surface area contributed by atoms with Crippen LogP contribution in [0.2, 0.25) is 0 Å². The molecule has 1 amide bonds. The first-order chi connectivity index (χ1) is 13.6. The van der Waals surface area contributed by atoms with E-state index in [9.17, 15) is 4.79 Å². The second kappa shape index (κ2) is 9.74. The second-order valence-electron chi connectivity index (χ2n) is 8.34. The highest BCUT2D eigenvalue weighted by atomic mass is 35.5. The van der Waals surface area contributed by atoms with E-state index in [2.05, 4.69) is 52.8 Å². The van der Waals surface area contributed by atoms with E-state index in [-0.39, 0.29) is 24.2 Å². The largest absolute Gasteiger partial charge is 0.314 e. The van der Waals surface area contributed by atoms with E-state index in [1.807, 2.05) is 17.7 Å². The third-order valence-corrected chi connectivity index (χ3v) is 5.95. The molecule has 3 heterocycles. The van der Waals surface area contributed by atoms with Crippen LogP contribution in [0.4, 0.5) is 5.82 Å². The van der Waals surface area contributed by atoms with Gasteiger partial charge in [-0.2, -0.15) is 5.10 Å². The molecule has 158 valence electrons. The minimum absolute atomic E-state index is 0. The number of nitrogens with one attached hydrogen (secondary N) is 2. The van der Waals surface area contributed by atoms with Crippen LogP contribution in [0.25, 0.3) is 0 Å². The summed E-state index contributed by atoms with van der Waals surface area (Å²) < 4.78 is 2.04. The first kappa shape index (κ1) is 21.8. The van der Waals surface area contributed by atoms with Gasteiger partial charge >= 0.3 is 0 Å². The maximum atomic E-state index is 12.8. The maximum Gasteiger partial charge on any atom is 0.228 e. The van der Waals surface area contributed by atoms with Crippen LogP contribution < -0.4 is 10.6 Å². The summed E-state index contributed by atoms with van der Waals surface area (Å²) in [6.45, 7) is 8.03. The molecule has 3 atom stereocenters. The molecule has 29 heavy (non-hydrogen) atoms. The van der Waals surface area contributed by atoms with Gasteiger partial charge in [-0.15, -0.1) is 12.4 Å². The summed E-state index contributed by atoms with van der Waals surface area (Å²) in [5.74, 6) is 1.06. The van der Waals surface area contributed by atoms with Crippen molar-refractivity contribution in [2.75, 3.05) is 25.0 Å². The molecule has 2 aromatic rings. The SMILES string of the molecule is Cc1cc(NC(=O)[C@H]2CCN[C@@H](C)C2)n(C2CCN(Cc3ccccc3)C2)n1.Cl. The summed E-state index contributed by atoms with van der Waals surface area (Å²) >= 11 is 0. The monoisotopic (exact) mass is 417 g/mol. The summed E-state index contributed by atoms with van der Waals surface area (Å²) in [5.41, 5.74) is 2.30. The van der Waals surface area contributed by atoms with Gasteiger partial charge in [0.2, 0.25) is 5.91 Å². The van der Waals surface area contributed by atoms with Crippen molar-refractivity contribution in [1.29, 1.82) is 0 Å². The summed E-state index contributed by atoms with van der Waals surface area (Å²) in [7, 11) is 0. The highest BCUT2D eigenvalue weighted by Crippen LogP contribution is 2.27. The van der Waals surface area contributed by atoms with Crippen molar-refractivity contribution in [3.05, 3.63) is 47.7 Å². The second-order valence-corrected chi connectivity index (χ2v) is 8.34. The van der Waals surface area contributed by atoms with Gasteiger partial charge < -0.3 is 10.6 Å². The standard InChI is InChI=1S/C22H31N5O.ClH/c1-16-12-19(8-10-23-16)22(28)24-21-13-17(2)25-27(21)20-9-11-26(15-20)14-18-6-4-3-5-7-18;/h3-7,13,16,19-20,23H,8-12,14-15H2,1-2H3,(H,24,28);1H/t16-,19-,20?;/m0./s1. The first-order valence-corrected chi connectivity index (χ1v) is 10.4. The lowest BCUT2D eigenvalue weighted by Crippen LogP contribution is -2.40. The Kier molecular flexibility index (Phi) is 7.33. The van der Waals surface area contributed by atoms with Crippen molar-refractivity contribution in [1.82, 2.24) is 20.0 Å². The van der Waals surface area contributed by atoms with E-state index in [0.717, 1.165) is 57.0 Å². The molecule has 1 unspecified atom stereocenters. The van der Waals surface area contributed by atoms with E-state index >= 15 is 0 Å². The molecule has 2 N–H and O–H groups in total. The summed E-state index contributed by atoms with van der Waals surface area (Å²) in [6, 6.07) is 13.3. The molecule has 2 aliphatic rings. The molecule has 0 bridgehead atoms. The third kappa shape index (κ3) is 5.38. The number of amides is 1. The van der Waals surface area contributed by atoms with E-state index < -0.39 is 0 Å². The number of benzene rings is 1. The van der Waals surface area contributed by atoms with Crippen molar-refractivity contribution in [2.45, 2.75) is 51.7 Å². The fraction of sp³-hybridized carbons (Fsp3) is 0.545. The number of aryl methyl sites for hydroxylation is 1. The number of aromatic nitrogens is 2. The molecule has 6 nitrogen and oxygen atoms in total. The van der Waals surface area contributed by atoms with Crippen LogP contribution in [0.1, 0.15) is 43.5 Å². The van der Waals surface area contributed by atoms with Gasteiger partial charge in [0.05, 0.1) is 11.7 Å². The molecule has 0 saturated carbocycles. The highest BCUT2D eigenvalue weighted by molar-refractivity contribution is 5.92. The molecule has 2 fully saturated rings. The van der Waals surface area contributed by atoms with Gasteiger partial charge in [-0.1, -0.05) is 30.3 Å². The van der Waals surface area contributed by atoms with Gasteiger partial charge in [-0.3, -0.25) is 9.69 Å². The van der Waals surface area contributed by atoms with E-state index in [0.29, 0.717) is 12.1 Å². The average molecular weight is 418 g/mol. The zero-order valence-corrected chi connectivity index (χ0v) is 18.1. The minimum atomic E-state index is 0. The minimum Gasteiger partial charge on any atom is -0.314 e. The molecule has 1 aromatic carbocycles. The molecule has 2 saturated heterocycles. The van der Waals surface area contributed by atoms with E-state index in [4.69, 9.17) is 5.10 Å². The smallest absolute Gasteiger partial charge is 0.228 e. The predicted molar refractivity (Wildman–Crippen MR) is 118 cm³/mol. The predicted octanol–water partition coefficient (Wildman–Crippen LogP) is 3.39. The molecule has 0 spiro atoms. The fourth-order valence-corrected chi connectivity index (χ4v) is 4.48. The van der Waals surface area contributed by atoms with Crippen molar-refractivity contribution in [3.63, 3.8) is 0 Å². The van der Waals surface area contributed by atoms with Crippen LogP contribution in [0.5, 0.6) is 0 Å². The summed E-state index contributed by atoms with van der Waals surface area (Å²) in [4.78, 5) is 15.3. The van der Waals surface area contributed by atoms with E-state index in [1.165, 1.54) is 5.56 Å². The van der Waals surface area contributed by atoms with Crippen molar-refractivity contribution >= 4 is 24.1 Å². The van der Waals surface area contributed by atoms with Gasteiger partial charge in [-0.25, -0.2) is 4.68 Å². The number of piperidine rings is 1. The Bertz CT molecular complexity index is 809. The Hall–Kier alpha value is -1.89. The lowest BCUT2D eigenvalue weighted by molar-refractivity contribution is -0.120. The number of likely N-dealkylation sites (tertiary alicyclic amines) is 1. The van der Waals surface area contributed by atoms with Crippen LogP contribution in [-0.4, -0.2) is 46.3 Å². The summed E-state index contributed by atoms with van der Waals surface area (Å²) in [6.07, 6.45) is 2.85. The molecular weight excluding hydrogens is 386 g/mol. The van der Waals surface area contributed by atoms with Gasteiger partial charge in [0.15, 0.2) is 0 Å². The van der Waals surface area contributed by atoms with Gasteiger partial charge in [0, 0.05) is 37.7 Å². The van der Waals surface area contributed by atoms with Crippen molar-refractivity contribution < 1.29 is 4.79 Å². The Balaban J connectivity index is 0.00000240. The maximum absolute atomic E-state index is 12.8. The normalized spacial score (nSPS) is 24.8. The van der Waals surface area contributed by atoms with Crippen LogP contribution in [-0.2, 0) is 11.3 Å². The van der Waals surface area contributed by atoms with Gasteiger partial charge in [0.25, 0.3) is 0 Å². The lowest BCUT2D eigenvalue weighted by atomic mass is 9.92. The molecule has 1 aromatic heterocycles. The molecule has 0 aliphatic carbocycles. The van der Waals surface area contributed by atoms with E-state index in [1.54, 1.807) is 0 Å². The third-order valence-electron chi connectivity index (χ3n) is 5.95. The number of hydrogen-bond acceptors (Lipinski definition) is 4. The van der Waals surface area contributed by atoms with Gasteiger partial charge in [-0.05, 0) is 45.2 Å². The Labute approximate surface area is 179 Å². The molecule has 4 rings (SSSR count). The van der Waals surface area contributed by atoms with Crippen LogP contribution in [0, 0.1) is 12.8 Å². The lowest BCUT2D eigenvalue weighted by Gasteiger charge is -2.27.